The van der Waals surface area contributed by atoms with E-state index in [-0.39, 0.29) is 5.91 Å². The highest BCUT2D eigenvalue weighted by Gasteiger charge is 2.20. The summed E-state index contributed by atoms with van der Waals surface area (Å²) in [6.45, 7) is 2.59. The molecule has 2 aromatic rings. The van der Waals surface area contributed by atoms with Crippen molar-refractivity contribution >= 4 is 34.9 Å². The zero-order chi connectivity index (χ0) is 18.5. The Bertz CT molecular complexity index is 819. The first-order valence-corrected chi connectivity index (χ1v) is 8.59. The second-order valence-electron chi connectivity index (χ2n) is 5.76. The molecule has 0 saturated carbocycles. The Balaban J connectivity index is 1.87. The van der Waals surface area contributed by atoms with Crippen LogP contribution in [0.15, 0.2) is 42.5 Å². The minimum absolute atomic E-state index is 0.342. The second kappa shape index (κ2) is 8.21. The Hall–Kier alpha value is -2.57. The quantitative estimate of drug-likeness (QED) is 0.832. The van der Waals surface area contributed by atoms with E-state index in [1.54, 1.807) is 42.5 Å². The molecule has 26 heavy (non-hydrogen) atoms. The third kappa shape index (κ3) is 3.98. The van der Waals surface area contributed by atoms with Crippen molar-refractivity contribution in [3.8, 4) is 0 Å². The van der Waals surface area contributed by atoms with E-state index in [4.69, 9.17) is 21.1 Å². The lowest BCUT2D eigenvalue weighted by Gasteiger charge is -2.30. The topological polar surface area (TPSA) is 67.9 Å². The zero-order valence-corrected chi connectivity index (χ0v) is 15.1. The molecule has 1 saturated heterocycles. The molecule has 1 amide bonds. The number of methoxy groups -OCH3 is 1. The number of morpholine rings is 1. The number of nitrogens with one attached hydrogen (secondary N) is 1. The highest BCUT2D eigenvalue weighted by molar-refractivity contribution is 6.34. The van der Waals surface area contributed by atoms with Crippen LogP contribution >= 0.6 is 11.6 Å². The number of nitrogens with zero attached hydrogens (tertiary/aromatic N) is 1. The predicted molar refractivity (Wildman–Crippen MR) is 100 cm³/mol. The van der Waals surface area contributed by atoms with Gasteiger partial charge in [-0.2, -0.15) is 0 Å². The zero-order valence-electron chi connectivity index (χ0n) is 14.3. The van der Waals surface area contributed by atoms with E-state index in [1.807, 2.05) is 0 Å². The number of benzene rings is 2. The summed E-state index contributed by atoms with van der Waals surface area (Å²) in [4.78, 5) is 26.7. The van der Waals surface area contributed by atoms with Crippen LogP contribution < -0.4 is 10.2 Å². The van der Waals surface area contributed by atoms with Gasteiger partial charge in [0.05, 0.1) is 42.2 Å². The SMILES string of the molecule is COC(=O)c1cc(NC(=O)c2ccccc2Cl)ccc1N1CCOCC1. The first-order chi connectivity index (χ1) is 12.6. The molecule has 136 valence electrons. The van der Waals surface area contributed by atoms with Gasteiger partial charge in [0, 0.05) is 18.8 Å². The molecule has 0 bridgehead atoms. The number of rotatable bonds is 4. The van der Waals surface area contributed by atoms with Gasteiger partial charge < -0.3 is 19.7 Å². The molecule has 1 aliphatic rings. The molecule has 1 heterocycles. The molecule has 0 atom stereocenters. The van der Waals surface area contributed by atoms with E-state index in [0.29, 0.717) is 48.1 Å². The molecule has 3 rings (SSSR count). The Morgan fingerprint density at radius 2 is 1.85 bits per heavy atom. The van der Waals surface area contributed by atoms with Gasteiger partial charge in [-0.15, -0.1) is 0 Å². The van der Waals surface area contributed by atoms with Crippen molar-refractivity contribution in [2.75, 3.05) is 43.6 Å². The summed E-state index contributed by atoms with van der Waals surface area (Å²) >= 11 is 6.06. The lowest BCUT2D eigenvalue weighted by Crippen LogP contribution is -2.37. The van der Waals surface area contributed by atoms with Crippen LogP contribution in [0.1, 0.15) is 20.7 Å². The molecule has 0 radical (unpaired) electrons. The van der Waals surface area contributed by atoms with Gasteiger partial charge in [-0.25, -0.2) is 4.79 Å². The maximum absolute atomic E-state index is 12.4. The van der Waals surface area contributed by atoms with Crippen LogP contribution in [0, 0.1) is 0 Å². The van der Waals surface area contributed by atoms with E-state index in [0.717, 1.165) is 5.69 Å². The third-order valence-electron chi connectivity index (χ3n) is 4.13. The van der Waals surface area contributed by atoms with E-state index < -0.39 is 5.97 Å². The van der Waals surface area contributed by atoms with Crippen molar-refractivity contribution in [2.24, 2.45) is 0 Å². The van der Waals surface area contributed by atoms with Crippen LogP contribution in [-0.4, -0.2) is 45.3 Å². The number of carbonyl (C=O) groups is 2. The van der Waals surface area contributed by atoms with Gasteiger partial charge in [0.2, 0.25) is 0 Å². The number of hydrogen-bond donors (Lipinski definition) is 1. The van der Waals surface area contributed by atoms with Gasteiger partial charge in [0.25, 0.3) is 5.91 Å². The number of anilines is 2. The van der Waals surface area contributed by atoms with Crippen LogP contribution in [0.2, 0.25) is 5.02 Å². The summed E-state index contributed by atoms with van der Waals surface area (Å²) in [5.41, 5.74) is 2.01. The summed E-state index contributed by atoms with van der Waals surface area (Å²) in [6, 6.07) is 12.0. The summed E-state index contributed by atoms with van der Waals surface area (Å²) in [5, 5.41) is 3.14. The molecule has 1 N–H and O–H groups in total. The van der Waals surface area contributed by atoms with Crippen LogP contribution in [0.4, 0.5) is 11.4 Å². The van der Waals surface area contributed by atoms with E-state index >= 15 is 0 Å². The lowest BCUT2D eigenvalue weighted by atomic mass is 10.1. The van der Waals surface area contributed by atoms with Crippen molar-refractivity contribution < 1.29 is 19.1 Å². The van der Waals surface area contributed by atoms with Gasteiger partial charge >= 0.3 is 5.97 Å². The number of amides is 1. The number of esters is 1. The fraction of sp³-hybridized carbons (Fsp3) is 0.263. The Labute approximate surface area is 156 Å². The first kappa shape index (κ1) is 18.2. The average Bonchev–Trinajstić information content (AvgIpc) is 2.68. The molecule has 0 spiro atoms. The standard InChI is InChI=1S/C19H19ClN2O4/c1-25-19(24)15-12-13(6-7-17(15)22-8-10-26-11-9-22)21-18(23)14-4-2-3-5-16(14)20/h2-7,12H,8-11H2,1H3,(H,21,23). The highest BCUT2D eigenvalue weighted by atomic mass is 35.5. The molecule has 0 aromatic heterocycles. The number of hydrogen-bond acceptors (Lipinski definition) is 5. The maximum Gasteiger partial charge on any atom is 0.340 e. The number of halogens is 1. The van der Waals surface area contributed by atoms with Crippen molar-refractivity contribution in [3.63, 3.8) is 0 Å². The fourth-order valence-corrected chi connectivity index (χ4v) is 3.03. The van der Waals surface area contributed by atoms with Gasteiger partial charge in [0.15, 0.2) is 0 Å². The molecular formula is C19H19ClN2O4. The van der Waals surface area contributed by atoms with Crippen molar-refractivity contribution in [2.45, 2.75) is 0 Å². The Morgan fingerprint density at radius 3 is 2.54 bits per heavy atom. The van der Waals surface area contributed by atoms with Gasteiger partial charge in [-0.3, -0.25) is 4.79 Å². The molecule has 0 unspecified atom stereocenters. The highest BCUT2D eigenvalue weighted by Crippen LogP contribution is 2.27. The van der Waals surface area contributed by atoms with Gasteiger partial charge in [0.1, 0.15) is 0 Å². The van der Waals surface area contributed by atoms with Crippen LogP contribution in [0.5, 0.6) is 0 Å². The molecule has 7 heteroatoms. The number of carbonyl (C=O) groups excluding carboxylic acids is 2. The third-order valence-corrected chi connectivity index (χ3v) is 4.46. The summed E-state index contributed by atoms with van der Waals surface area (Å²) in [6.07, 6.45) is 0. The summed E-state index contributed by atoms with van der Waals surface area (Å²) in [5.74, 6) is -0.800. The molecule has 1 fully saturated rings. The van der Waals surface area contributed by atoms with Crippen LogP contribution in [0.3, 0.4) is 0 Å². The smallest absolute Gasteiger partial charge is 0.340 e. The summed E-state index contributed by atoms with van der Waals surface area (Å²) in [7, 11) is 1.33. The minimum atomic E-state index is -0.458. The Kier molecular flexibility index (Phi) is 5.75. The predicted octanol–water partition coefficient (Wildman–Crippen LogP) is 3.22. The molecule has 2 aromatic carbocycles. The average molecular weight is 375 g/mol. The normalized spacial score (nSPS) is 14.0. The minimum Gasteiger partial charge on any atom is -0.465 e. The molecule has 0 aliphatic carbocycles. The van der Waals surface area contributed by atoms with Crippen molar-refractivity contribution in [3.05, 3.63) is 58.6 Å². The van der Waals surface area contributed by atoms with Gasteiger partial charge in [-0.1, -0.05) is 23.7 Å². The molecular weight excluding hydrogens is 356 g/mol. The lowest BCUT2D eigenvalue weighted by molar-refractivity contribution is 0.0600. The molecule has 6 nitrogen and oxygen atoms in total. The van der Waals surface area contributed by atoms with Gasteiger partial charge in [-0.05, 0) is 30.3 Å². The van der Waals surface area contributed by atoms with Crippen molar-refractivity contribution in [1.82, 2.24) is 0 Å². The monoisotopic (exact) mass is 374 g/mol. The second-order valence-corrected chi connectivity index (χ2v) is 6.16. The van der Waals surface area contributed by atoms with Crippen molar-refractivity contribution in [1.29, 1.82) is 0 Å². The van der Waals surface area contributed by atoms with E-state index in [9.17, 15) is 9.59 Å². The largest absolute Gasteiger partial charge is 0.465 e. The first-order valence-electron chi connectivity index (χ1n) is 8.21. The number of ether oxygens (including phenoxy) is 2. The molecule has 1 aliphatic heterocycles. The fourth-order valence-electron chi connectivity index (χ4n) is 2.81. The van der Waals surface area contributed by atoms with Crippen LogP contribution in [0.25, 0.3) is 0 Å². The maximum atomic E-state index is 12.4. The summed E-state index contributed by atoms with van der Waals surface area (Å²) < 4.78 is 10.3. The Morgan fingerprint density at radius 1 is 1.12 bits per heavy atom. The van der Waals surface area contributed by atoms with E-state index in [1.165, 1.54) is 7.11 Å². The van der Waals surface area contributed by atoms with E-state index in [2.05, 4.69) is 10.2 Å². The van der Waals surface area contributed by atoms with Crippen LogP contribution in [-0.2, 0) is 9.47 Å².